The van der Waals surface area contributed by atoms with Crippen LogP contribution in [0, 0.1) is 0 Å². The molecule has 2 saturated heterocycles. The maximum atomic E-state index is 6.15. The zero-order valence-corrected chi connectivity index (χ0v) is 17.4. The van der Waals surface area contributed by atoms with E-state index in [-0.39, 0.29) is 18.3 Å². The Hall–Kier alpha value is -0.875. The van der Waals surface area contributed by atoms with Crippen LogP contribution in [0.5, 0.6) is 0 Å². The molecular formula is C21H35BN2O2. The average molecular weight is 358 g/mol. The third kappa shape index (κ3) is 4.01. The van der Waals surface area contributed by atoms with Gasteiger partial charge in [0.1, 0.15) is 0 Å². The molecule has 0 bridgehead atoms. The van der Waals surface area contributed by atoms with Gasteiger partial charge in [-0.15, -0.1) is 0 Å². The molecule has 0 saturated carbocycles. The van der Waals surface area contributed by atoms with E-state index in [9.17, 15) is 0 Å². The van der Waals surface area contributed by atoms with Crippen LogP contribution in [0.1, 0.15) is 53.5 Å². The van der Waals surface area contributed by atoms with Crippen molar-refractivity contribution in [1.82, 2.24) is 9.80 Å². The first-order valence-corrected chi connectivity index (χ1v) is 10.2. The van der Waals surface area contributed by atoms with Crippen molar-refractivity contribution in [3.8, 4) is 0 Å². The molecule has 0 aromatic heterocycles. The lowest BCUT2D eigenvalue weighted by molar-refractivity contribution is 0.00578. The summed E-state index contributed by atoms with van der Waals surface area (Å²) in [5.41, 5.74) is 1.90. The predicted molar refractivity (Wildman–Crippen MR) is 109 cm³/mol. The Morgan fingerprint density at radius 2 is 1.62 bits per heavy atom. The lowest BCUT2D eigenvalue weighted by Crippen LogP contribution is -2.41. The van der Waals surface area contributed by atoms with Gasteiger partial charge in [0.25, 0.3) is 0 Å². The molecule has 2 heterocycles. The fraction of sp³-hybridized carbons (Fsp3) is 0.714. The summed E-state index contributed by atoms with van der Waals surface area (Å²) in [6.07, 6.45) is 1.29. The van der Waals surface area contributed by atoms with Gasteiger partial charge in [0, 0.05) is 25.7 Å². The normalized spacial score (nSPS) is 25.3. The van der Waals surface area contributed by atoms with Gasteiger partial charge >= 0.3 is 7.12 Å². The Kier molecular flexibility index (Phi) is 5.83. The number of nitrogens with zero attached hydrogens (tertiary/aromatic N) is 2. The summed E-state index contributed by atoms with van der Waals surface area (Å²) < 4.78 is 12.3. The predicted octanol–water partition coefficient (Wildman–Crippen LogP) is 2.90. The number of rotatable bonds is 6. The van der Waals surface area contributed by atoms with Crippen LogP contribution in [-0.2, 0) is 15.9 Å². The summed E-state index contributed by atoms with van der Waals surface area (Å²) in [4.78, 5) is 5.16. The van der Waals surface area contributed by atoms with Gasteiger partial charge in [-0.2, -0.15) is 0 Å². The SMILES string of the molecule is CCN(CC)C1CCN(Cc2ccc(B3OC(C)(C)C(C)(C)O3)cc2)C1. The van der Waals surface area contributed by atoms with Gasteiger partial charge in [-0.25, -0.2) is 0 Å². The zero-order chi connectivity index (χ0) is 18.9. The van der Waals surface area contributed by atoms with Gasteiger partial charge < -0.3 is 9.31 Å². The molecule has 144 valence electrons. The molecule has 3 rings (SSSR count). The Labute approximate surface area is 160 Å². The summed E-state index contributed by atoms with van der Waals surface area (Å²) in [5.74, 6) is 0. The van der Waals surface area contributed by atoms with Crippen molar-refractivity contribution < 1.29 is 9.31 Å². The first kappa shape index (κ1) is 19.9. The number of hydrogen-bond donors (Lipinski definition) is 0. The molecule has 0 spiro atoms. The summed E-state index contributed by atoms with van der Waals surface area (Å²) in [6.45, 7) is 18.6. The summed E-state index contributed by atoms with van der Waals surface area (Å²) >= 11 is 0. The maximum Gasteiger partial charge on any atom is 0.494 e. The van der Waals surface area contributed by atoms with Crippen molar-refractivity contribution in [2.75, 3.05) is 26.2 Å². The van der Waals surface area contributed by atoms with Crippen molar-refractivity contribution in [3.05, 3.63) is 29.8 Å². The Balaban J connectivity index is 1.58. The minimum atomic E-state index is -0.286. The fourth-order valence-corrected chi connectivity index (χ4v) is 4.01. The van der Waals surface area contributed by atoms with E-state index in [1.54, 1.807) is 0 Å². The highest BCUT2D eigenvalue weighted by molar-refractivity contribution is 6.62. The van der Waals surface area contributed by atoms with Crippen molar-refractivity contribution in [2.24, 2.45) is 0 Å². The standard InChI is InChI=1S/C21H35BN2O2/c1-7-24(8-2)19-13-14-23(16-19)15-17-9-11-18(12-10-17)22-25-20(3,4)21(5,6)26-22/h9-12,19H,7-8,13-16H2,1-6H3. The molecule has 0 aliphatic carbocycles. The molecule has 1 aromatic rings. The number of likely N-dealkylation sites (tertiary alicyclic amines) is 1. The van der Waals surface area contributed by atoms with Crippen molar-refractivity contribution in [2.45, 2.75) is 71.8 Å². The lowest BCUT2D eigenvalue weighted by Gasteiger charge is -2.32. The van der Waals surface area contributed by atoms with Gasteiger partial charge in [-0.1, -0.05) is 38.1 Å². The van der Waals surface area contributed by atoms with Crippen molar-refractivity contribution in [3.63, 3.8) is 0 Å². The molecule has 0 N–H and O–H groups in total. The van der Waals surface area contributed by atoms with Crippen LogP contribution < -0.4 is 5.46 Å². The number of likely N-dealkylation sites (N-methyl/N-ethyl adjacent to an activating group) is 1. The second kappa shape index (κ2) is 7.63. The Morgan fingerprint density at radius 1 is 1.04 bits per heavy atom. The minimum Gasteiger partial charge on any atom is -0.399 e. The average Bonchev–Trinajstić information content (AvgIpc) is 3.12. The molecule has 1 atom stereocenters. The molecular weight excluding hydrogens is 323 g/mol. The van der Waals surface area contributed by atoms with Gasteiger partial charge in [0.05, 0.1) is 11.2 Å². The van der Waals surface area contributed by atoms with Gasteiger partial charge in [-0.3, -0.25) is 9.80 Å². The molecule has 1 aromatic carbocycles. The minimum absolute atomic E-state index is 0.270. The van der Waals surface area contributed by atoms with Crippen LogP contribution in [0.3, 0.4) is 0 Å². The molecule has 1 unspecified atom stereocenters. The van der Waals surface area contributed by atoms with E-state index in [4.69, 9.17) is 9.31 Å². The third-order valence-electron chi connectivity index (χ3n) is 6.49. The van der Waals surface area contributed by atoms with Crippen LogP contribution >= 0.6 is 0 Å². The van der Waals surface area contributed by atoms with E-state index in [0.29, 0.717) is 6.04 Å². The topological polar surface area (TPSA) is 24.9 Å². The molecule has 0 amide bonds. The molecule has 26 heavy (non-hydrogen) atoms. The fourth-order valence-electron chi connectivity index (χ4n) is 4.01. The van der Waals surface area contributed by atoms with Crippen molar-refractivity contribution in [1.29, 1.82) is 0 Å². The van der Waals surface area contributed by atoms with E-state index < -0.39 is 0 Å². The van der Waals surface area contributed by atoms with E-state index >= 15 is 0 Å². The van der Waals surface area contributed by atoms with E-state index in [0.717, 1.165) is 25.1 Å². The molecule has 4 nitrogen and oxygen atoms in total. The molecule has 2 aliphatic heterocycles. The molecule has 2 aliphatic rings. The van der Waals surface area contributed by atoms with Gasteiger partial charge in [-0.05, 0) is 58.2 Å². The third-order valence-corrected chi connectivity index (χ3v) is 6.49. The maximum absolute atomic E-state index is 6.15. The molecule has 0 radical (unpaired) electrons. The molecule has 5 heteroatoms. The number of benzene rings is 1. The van der Waals surface area contributed by atoms with Crippen molar-refractivity contribution >= 4 is 12.6 Å². The number of hydrogen-bond acceptors (Lipinski definition) is 4. The quantitative estimate of drug-likeness (QED) is 0.730. The van der Waals surface area contributed by atoms with E-state index in [1.807, 2.05) is 0 Å². The molecule has 2 fully saturated rings. The smallest absolute Gasteiger partial charge is 0.399 e. The van der Waals surface area contributed by atoms with Crippen LogP contribution in [0.2, 0.25) is 0 Å². The summed E-state index contributed by atoms with van der Waals surface area (Å²) in [6, 6.07) is 9.50. The Morgan fingerprint density at radius 3 is 2.15 bits per heavy atom. The van der Waals surface area contributed by atoms with Crippen LogP contribution in [0.15, 0.2) is 24.3 Å². The summed E-state index contributed by atoms with van der Waals surface area (Å²) in [5, 5.41) is 0. The van der Waals surface area contributed by atoms with Crippen LogP contribution in [0.25, 0.3) is 0 Å². The second-order valence-electron chi connectivity index (χ2n) is 8.73. The monoisotopic (exact) mass is 358 g/mol. The highest BCUT2D eigenvalue weighted by Crippen LogP contribution is 2.36. The first-order chi connectivity index (χ1) is 12.3. The van der Waals surface area contributed by atoms with E-state index in [1.165, 1.54) is 25.1 Å². The Bertz CT molecular complexity index is 583. The lowest BCUT2D eigenvalue weighted by atomic mass is 9.79. The van der Waals surface area contributed by atoms with Gasteiger partial charge in [0.2, 0.25) is 0 Å². The second-order valence-corrected chi connectivity index (χ2v) is 8.73. The highest BCUT2D eigenvalue weighted by Gasteiger charge is 2.51. The van der Waals surface area contributed by atoms with E-state index in [2.05, 4.69) is 75.6 Å². The zero-order valence-electron chi connectivity index (χ0n) is 17.4. The van der Waals surface area contributed by atoms with Gasteiger partial charge in [0.15, 0.2) is 0 Å². The van der Waals surface area contributed by atoms with Crippen LogP contribution in [-0.4, -0.2) is 60.3 Å². The van der Waals surface area contributed by atoms with Crippen LogP contribution in [0.4, 0.5) is 0 Å². The highest BCUT2D eigenvalue weighted by atomic mass is 16.7. The summed E-state index contributed by atoms with van der Waals surface area (Å²) in [7, 11) is -0.270. The first-order valence-electron chi connectivity index (χ1n) is 10.2. The largest absolute Gasteiger partial charge is 0.494 e.